The summed E-state index contributed by atoms with van der Waals surface area (Å²) in [5.41, 5.74) is 2.05. The zero-order valence-corrected chi connectivity index (χ0v) is 22.2. The first-order valence-electron chi connectivity index (χ1n) is 12.4. The molecule has 6 nitrogen and oxygen atoms in total. The molecule has 1 aromatic heterocycles. The molecule has 2 heterocycles. The van der Waals surface area contributed by atoms with E-state index < -0.39 is 5.38 Å². The average Bonchev–Trinajstić information content (AvgIpc) is 2.93. The second kappa shape index (κ2) is 10.7. The van der Waals surface area contributed by atoms with Crippen molar-refractivity contribution < 1.29 is 4.79 Å². The summed E-state index contributed by atoms with van der Waals surface area (Å²) >= 11 is 12.7. The number of aromatic nitrogens is 2. The van der Waals surface area contributed by atoms with Gasteiger partial charge in [-0.05, 0) is 55.8 Å². The van der Waals surface area contributed by atoms with Gasteiger partial charge >= 0.3 is 0 Å². The minimum absolute atomic E-state index is 0.0511. The highest BCUT2D eigenvalue weighted by Crippen LogP contribution is 2.29. The van der Waals surface area contributed by atoms with E-state index in [0.717, 1.165) is 5.56 Å². The third-order valence-corrected chi connectivity index (χ3v) is 7.75. The highest BCUT2D eigenvalue weighted by molar-refractivity contribution is 6.31. The quantitative estimate of drug-likeness (QED) is 0.312. The number of carbonyl (C=O) groups excluding carboxylic acids is 1. The SMILES string of the molecule is CC(c1nc2ccccc2c(=O)n1-c1ccc(Cl)cc1)N1CCN(C(=O)C(Cl)c2ccccc2)C(C)C1. The Morgan fingerprint density at radius 1 is 0.973 bits per heavy atom. The molecule has 3 unspecified atom stereocenters. The summed E-state index contributed by atoms with van der Waals surface area (Å²) in [6, 6.07) is 23.8. The number of para-hydroxylation sites is 1. The molecule has 190 valence electrons. The van der Waals surface area contributed by atoms with Gasteiger partial charge in [-0.3, -0.25) is 19.1 Å². The van der Waals surface area contributed by atoms with Crippen LogP contribution in [0.1, 0.15) is 36.7 Å². The van der Waals surface area contributed by atoms with Crippen molar-refractivity contribution >= 4 is 40.0 Å². The summed E-state index contributed by atoms with van der Waals surface area (Å²) in [6.45, 7) is 5.90. The van der Waals surface area contributed by atoms with Gasteiger partial charge in [-0.15, -0.1) is 11.6 Å². The number of benzene rings is 3. The van der Waals surface area contributed by atoms with Crippen LogP contribution in [0.4, 0.5) is 0 Å². The Hall–Kier alpha value is -3.19. The molecule has 37 heavy (non-hydrogen) atoms. The monoisotopic (exact) mass is 534 g/mol. The molecule has 0 aliphatic carbocycles. The van der Waals surface area contributed by atoms with Crippen LogP contribution in [0.2, 0.25) is 5.02 Å². The Morgan fingerprint density at radius 3 is 2.35 bits per heavy atom. The van der Waals surface area contributed by atoms with Crippen molar-refractivity contribution in [3.63, 3.8) is 0 Å². The average molecular weight is 535 g/mol. The molecule has 1 aliphatic heterocycles. The molecule has 3 aromatic carbocycles. The molecular weight excluding hydrogens is 507 g/mol. The molecule has 1 aliphatic rings. The van der Waals surface area contributed by atoms with Crippen LogP contribution in [0.5, 0.6) is 0 Å². The topological polar surface area (TPSA) is 58.4 Å². The third kappa shape index (κ3) is 5.01. The number of rotatable bonds is 5. The Labute approximate surface area is 226 Å². The van der Waals surface area contributed by atoms with Crippen molar-refractivity contribution in [1.29, 1.82) is 0 Å². The van der Waals surface area contributed by atoms with E-state index in [2.05, 4.69) is 11.8 Å². The van der Waals surface area contributed by atoms with Crippen LogP contribution in [0.15, 0.2) is 83.7 Å². The number of hydrogen-bond donors (Lipinski definition) is 0. The van der Waals surface area contributed by atoms with Crippen molar-refractivity contribution in [2.75, 3.05) is 19.6 Å². The van der Waals surface area contributed by atoms with Crippen molar-refractivity contribution in [1.82, 2.24) is 19.4 Å². The fourth-order valence-corrected chi connectivity index (χ4v) is 5.41. The van der Waals surface area contributed by atoms with Crippen LogP contribution >= 0.6 is 23.2 Å². The molecule has 1 saturated heterocycles. The van der Waals surface area contributed by atoms with Crippen molar-refractivity contribution in [3.05, 3.63) is 106 Å². The first-order chi connectivity index (χ1) is 17.8. The highest BCUT2D eigenvalue weighted by atomic mass is 35.5. The van der Waals surface area contributed by atoms with Crippen LogP contribution < -0.4 is 5.56 Å². The number of alkyl halides is 1. The van der Waals surface area contributed by atoms with E-state index in [-0.39, 0.29) is 23.6 Å². The van der Waals surface area contributed by atoms with E-state index in [1.165, 1.54) is 0 Å². The molecule has 4 aromatic rings. The number of carbonyl (C=O) groups is 1. The number of hydrogen-bond acceptors (Lipinski definition) is 4. The van der Waals surface area contributed by atoms with Gasteiger partial charge in [0, 0.05) is 30.7 Å². The second-order valence-corrected chi connectivity index (χ2v) is 10.3. The molecular formula is C29H28Cl2N4O2. The zero-order chi connectivity index (χ0) is 26.1. The van der Waals surface area contributed by atoms with Gasteiger partial charge in [0.25, 0.3) is 5.56 Å². The number of fused-ring (bicyclic) bond motifs is 1. The summed E-state index contributed by atoms with van der Waals surface area (Å²) in [6.07, 6.45) is 0. The van der Waals surface area contributed by atoms with E-state index >= 15 is 0 Å². The molecule has 0 radical (unpaired) electrons. The number of amides is 1. The number of nitrogens with zero attached hydrogens (tertiary/aromatic N) is 4. The van der Waals surface area contributed by atoms with Crippen LogP contribution in [-0.2, 0) is 4.79 Å². The van der Waals surface area contributed by atoms with E-state index in [1.807, 2.05) is 72.5 Å². The Balaban J connectivity index is 1.44. The molecule has 0 N–H and O–H groups in total. The van der Waals surface area contributed by atoms with Gasteiger partial charge in [-0.25, -0.2) is 4.98 Å². The maximum absolute atomic E-state index is 13.6. The predicted molar refractivity (Wildman–Crippen MR) is 149 cm³/mol. The van der Waals surface area contributed by atoms with Crippen LogP contribution in [0.3, 0.4) is 0 Å². The van der Waals surface area contributed by atoms with Gasteiger partial charge < -0.3 is 4.90 Å². The minimum Gasteiger partial charge on any atom is -0.336 e. The van der Waals surface area contributed by atoms with Crippen LogP contribution in [0.25, 0.3) is 16.6 Å². The number of halogens is 2. The standard InChI is InChI=1S/C29H28Cl2N4O2/c1-19-18-33(16-17-34(19)29(37)26(31)21-8-4-3-5-9-21)20(2)27-32-25-11-7-6-10-24(25)28(36)35(27)23-14-12-22(30)13-15-23/h3-15,19-20,26H,16-18H2,1-2H3. The predicted octanol–water partition coefficient (Wildman–Crippen LogP) is 5.61. The molecule has 0 bridgehead atoms. The summed E-state index contributed by atoms with van der Waals surface area (Å²) < 4.78 is 1.68. The molecule has 3 atom stereocenters. The summed E-state index contributed by atoms with van der Waals surface area (Å²) in [4.78, 5) is 35.9. The van der Waals surface area contributed by atoms with Crippen LogP contribution in [-0.4, -0.2) is 50.9 Å². The third-order valence-electron chi connectivity index (χ3n) is 7.06. The Kier molecular flexibility index (Phi) is 7.33. The summed E-state index contributed by atoms with van der Waals surface area (Å²) in [5, 5.41) is 0.443. The summed E-state index contributed by atoms with van der Waals surface area (Å²) in [7, 11) is 0. The van der Waals surface area contributed by atoms with E-state index in [4.69, 9.17) is 28.2 Å². The second-order valence-electron chi connectivity index (χ2n) is 9.43. The fraction of sp³-hybridized carbons (Fsp3) is 0.276. The van der Waals surface area contributed by atoms with Gasteiger partial charge in [0.15, 0.2) is 0 Å². The van der Waals surface area contributed by atoms with Gasteiger partial charge in [-0.1, -0.05) is 54.1 Å². The van der Waals surface area contributed by atoms with Crippen LogP contribution in [0, 0.1) is 0 Å². The van der Waals surface area contributed by atoms with E-state index in [9.17, 15) is 9.59 Å². The van der Waals surface area contributed by atoms with Crippen molar-refractivity contribution in [2.45, 2.75) is 31.3 Å². The molecule has 0 spiro atoms. The molecule has 8 heteroatoms. The normalized spacial score (nSPS) is 18.1. The lowest BCUT2D eigenvalue weighted by atomic mass is 10.1. The Morgan fingerprint density at radius 2 is 1.65 bits per heavy atom. The van der Waals surface area contributed by atoms with Crippen molar-refractivity contribution in [2.24, 2.45) is 0 Å². The van der Waals surface area contributed by atoms with Gasteiger partial charge in [-0.2, -0.15) is 0 Å². The smallest absolute Gasteiger partial charge is 0.266 e. The van der Waals surface area contributed by atoms with Crippen molar-refractivity contribution in [3.8, 4) is 5.69 Å². The first kappa shape index (κ1) is 25.5. The lowest BCUT2D eigenvalue weighted by Crippen LogP contribution is -2.55. The maximum atomic E-state index is 13.6. The Bertz CT molecular complexity index is 1470. The lowest BCUT2D eigenvalue weighted by Gasteiger charge is -2.43. The zero-order valence-electron chi connectivity index (χ0n) is 20.7. The minimum atomic E-state index is -0.718. The van der Waals surface area contributed by atoms with Gasteiger partial charge in [0.2, 0.25) is 5.91 Å². The largest absolute Gasteiger partial charge is 0.336 e. The molecule has 0 saturated carbocycles. The fourth-order valence-electron chi connectivity index (χ4n) is 5.01. The molecule has 1 amide bonds. The first-order valence-corrected chi connectivity index (χ1v) is 13.2. The summed E-state index contributed by atoms with van der Waals surface area (Å²) in [5.74, 6) is 0.562. The van der Waals surface area contributed by atoms with Gasteiger partial charge in [0.05, 0.1) is 22.6 Å². The molecule has 1 fully saturated rings. The van der Waals surface area contributed by atoms with E-state index in [1.54, 1.807) is 22.8 Å². The lowest BCUT2D eigenvalue weighted by molar-refractivity contribution is -0.135. The highest BCUT2D eigenvalue weighted by Gasteiger charge is 2.34. The van der Waals surface area contributed by atoms with E-state index in [0.29, 0.717) is 47.1 Å². The molecule has 5 rings (SSSR count). The maximum Gasteiger partial charge on any atom is 0.266 e. The number of piperazine rings is 1. The van der Waals surface area contributed by atoms with Gasteiger partial charge in [0.1, 0.15) is 11.2 Å².